The largest absolute Gasteiger partial charge is 0.316 e. The second kappa shape index (κ2) is 7.34. The average molecular weight is 236 g/mol. The molecule has 0 N–H and O–H groups in total. The van der Waals surface area contributed by atoms with E-state index < -0.39 is 0 Å². The van der Waals surface area contributed by atoms with Crippen molar-refractivity contribution >= 4 is 5.91 Å². The summed E-state index contributed by atoms with van der Waals surface area (Å²) in [6, 6.07) is 0. The molecule has 0 aromatic heterocycles. The van der Waals surface area contributed by atoms with Crippen LogP contribution in [0.5, 0.6) is 0 Å². The summed E-state index contributed by atoms with van der Waals surface area (Å²) < 4.78 is 0. The lowest BCUT2D eigenvalue weighted by Crippen LogP contribution is -2.48. The van der Waals surface area contributed by atoms with Crippen LogP contribution in [-0.4, -0.2) is 41.5 Å². The Morgan fingerprint density at radius 2 is 2.00 bits per heavy atom. The van der Waals surface area contributed by atoms with Crippen LogP contribution in [0.2, 0.25) is 0 Å². The van der Waals surface area contributed by atoms with E-state index in [4.69, 9.17) is 0 Å². The van der Waals surface area contributed by atoms with Crippen molar-refractivity contribution in [1.82, 2.24) is 9.80 Å². The van der Waals surface area contributed by atoms with E-state index in [1.807, 2.05) is 11.8 Å². The maximum absolute atomic E-state index is 11.8. The first kappa shape index (κ1) is 14.1. The zero-order valence-electron chi connectivity index (χ0n) is 11.3. The lowest BCUT2D eigenvalue weighted by Gasteiger charge is -2.34. The molecule has 1 aliphatic rings. The lowest BCUT2D eigenvalue weighted by atomic mass is 10.3. The van der Waals surface area contributed by atoms with Gasteiger partial charge in [0.1, 0.15) is 6.17 Å². The average Bonchev–Trinajstić information content (AvgIpc) is 2.72. The molecule has 1 unspecified atom stereocenters. The molecular formula is C14H24N2O. The van der Waals surface area contributed by atoms with Gasteiger partial charge in [-0.3, -0.25) is 9.69 Å². The van der Waals surface area contributed by atoms with E-state index in [1.165, 1.54) is 0 Å². The van der Waals surface area contributed by atoms with Gasteiger partial charge in [0.2, 0.25) is 5.91 Å². The molecule has 0 spiro atoms. The number of carbonyl (C=O) groups is 1. The molecule has 1 amide bonds. The lowest BCUT2D eigenvalue weighted by molar-refractivity contribution is -0.131. The Bertz CT molecular complexity index is 297. The zero-order valence-corrected chi connectivity index (χ0v) is 11.3. The number of carbonyl (C=O) groups excluding carboxylic acids is 1. The fourth-order valence-electron chi connectivity index (χ4n) is 2.35. The molecule has 0 aromatic rings. The monoisotopic (exact) mass is 236 g/mol. The maximum Gasteiger partial charge on any atom is 0.224 e. The number of nitrogens with zero attached hydrogens (tertiary/aromatic N) is 2. The minimum atomic E-state index is -0.00472. The van der Waals surface area contributed by atoms with Crippen molar-refractivity contribution in [2.24, 2.45) is 0 Å². The van der Waals surface area contributed by atoms with Gasteiger partial charge in [0.15, 0.2) is 0 Å². The molecule has 0 aromatic carbocycles. The van der Waals surface area contributed by atoms with E-state index in [1.54, 1.807) is 0 Å². The van der Waals surface area contributed by atoms with Crippen molar-refractivity contribution in [1.29, 1.82) is 0 Å². The fraction of sp³-hybridized carbons (Fsp3) is 0.786. The van der Waals surface area contributed by atoms with Crippen LogP contribution in [0.3, 0.4) is 0 Å². The maximum atomic E-state index is 11.8. The van der Waals surface area contributed by atoms with Crippen molar-refractivity contribution in [3.05, 3.63) is 0 Å². The summed E-state index contributed by atoms with van der Waals surface area (Å²) in [5, 5.41) is 0. The highest BCUT2D eigenvalue weighted by Gasteiger charge is 2.30. The second-order valence-electron chi connectivity index (χ2n) is 4.49. The topological polar surface area (TPSA) is 23.6 Å². The van der Waals surface area contributed by atoms with Crippen LogP contribution >= 0.6 is 0 Å². The summed E-state index contributed by atoms with van der Waals surface area (Å²) in [5.74, 6) is 6.44. The van der Waals surface area contributed by atoms with Crippen molar-refractivity contribution in [3.63, 3.8) is 0 Å². The third kappa shape index (κ3) is 3.74. The normalized spacial score (nSPS) is 17.2. The summed E-state index contributed by atoms with van der Waals surface area (Å²) in [5.41, 5.74) is 0. The Morgan fingerprint density at radius 1 is 1.35 bits per heavy atom. The molecule has 3 nitrogen and oxygen atoms in total. The van der Waals surface area contributed by atoms with E-state index >= 15 is 0 Å². The molecule has 0 saturated carbocycles. The summed E-state index contributed by atoms with van der Waals surface area (Å²) in [6.07, 6.45) is 3.86. The van der Waals surface area contributed by atoms with Crippen LogP contribution in [-0.2, 0) is 4.79 Å². The number of amides is 1. The van der Waals surface area contributed by atoms with Gasteiger partial charge in [-0.15, -0.1) is 5.92 Å². The van der Waals surface area contributed by atoms with E-state index in [2.05, 4.69) is 30.6 Å². The van der Waals surface area contributed by atoms with Crippen LogP contribution in [0.4, 0.5) is 0 Å². The highest BCUT2D eigenvalue weighted by atomic mass is 16.2. The molecule has 96 valence electrons. The molecule has 3 heteroatoms. The Hall–Kier alpha value is -1.01. The quantitative estimate of drug-likeness (QED) is 0.659. The molecule has 1 heterocycles. The number of hydrogen-bond donors (Lipinski definition) is 0. The number of hydrogen-bond acceptors (Lipinski definition) is 2. The summed E-state index contributed by atoms with van der Waals surface area (Å²) in [4.78, 5) is 16.1. The van der Waals surface area contributed by atoms with Gasteiger partial charge in [0.25, 0.3) is 0 Å². The van der Waals surface area contributed by atoms with Gasteiger partial charge in [-0.25, -0.2) is 0 Å². The molecule has 0 bridgehead atoms. The second-order valence-corrected chi connectivity index (χ2v) is 4.49. The third-order valence-electron chi connectivity index (χ3n) is 3.05. The van der Waals surface area contributed by atoms with Gasteiger partial charge < -0.3 is 4.90 Å². The number of likely N-dealkylation sites (tertiary alicyclic amines) is 1. The smallest absolute Gasteiger partial charge is 0.224 e. The van der Waals surface area contributed by atoms with Crippen molar-refractivity contribution in [2.75, 3.05) is 19.6 Å². The van der Waals surface area contributed by atoms with Gasteiger partial charge in [0.05, 0.1) is 0 Å². The predicted octanol–water partition coefficient (Wildman–Crippen LogP) is 2.08. The Balaban J connectivity index is 2.79. The van der Waals surface area contributed by atoms with Crippen molar-refractivity contribution in [3.8, 4) is 11.8 Å². The first-order valence-corrected chi connectivity index (χ1v) is 6.70. The molecule has 1 fully saturated rings. The van der Waals surface area contributed by atoms with Crippen LogP contribution < -0.4 is 0 Å². The SMILES string of the molecule is CC#CC(N(CCC)CCC)N1CCCC1=O. The van der Waals surface area contributed by atoms with E-state index in [9.17, 15) is 4.79 Å². The van der Waals surface area contributed by atoms with Gasteiger partial charge in [-0.2, -0.15) is 0 Å². The van der Waals surface area contributed by atoms with Gasteiger partial charge in [-0.05, 0) is 26.2 Å². The van der Waals surface area contributed by atoms with Crippen LogP contribution in [0.25, 0.3) is 0 Å². The predicted molar refractivity (Wildman–Crippen MR) is 70.3 cm³/mol. The molecule has 17 heavy (non-hydrogen) atoms. The summed E-state index contributed by atoms with van der Waals surface area (Å²) in [6.45, 7) is 9.08. The first-order chi connectivity index (χ1) is 8.24. The van der Waals surface area contributed by atoms with Crippen molar-refractivity contribution in [2.45, 2.75) is 52.6 Å². The molecule has 1 atom stereocenters. The van der Waals surface area contributed by atoms with E-state index in [0.29, 0.717) is 6.42 Å². The molecular weight excluding hydrogens is 212 g/mol. The van der Waals surface area contributed by atoms with Crippen molar-refractivity contribution < 1.29 is 4.79 Å². The molecule has 1 rings (SSSR count). The van der Waals surface area contributed by atoms with E-state index in [0.717, 1.165) is 38.9 Å². The minimum Gasteiger partial charge on any atom is -0.316 e. The third-order valence-corrected chi connectivity index (χ3v) is 3.05. The fourth-order valence-corrected chi connectivity index (χ4v) is 2.35. The number of rotatable bonds is 6. The molecule has 1 aliphatic heterocycles. The van der Waals surface area contributed by atoms with Gasteiger partial charge in [-0.1, -0.05) is 19.8 Å². The Labute approximate surface area is 105 Å². The van der Waals surface area contributed by atoms with Crippen LogP contribution in [0.1, 0.15) is 46.5 Å². The minimum absolute atomic E-state index is 0.00472. The standard InChI is InChI=1S/C14H24N2O/c1-4-8-13(15(10-5-2)11-6-3)16-12-7-9-14(16)17/h13H,5-7,9-12H2,1-3H3. The molecule has 0 radical (unpaired) electrons. The molecule has 1 saturated heterocycles. The van der Waals surface area contributed by atoms with Crippen LogP contribution in [0.15, 0.2) is 0 Å². The van der Waals surface area contributed by atoms with Crippen LogP contribution in [0, 0.1) is 11.8 Å². The van der Waals surface area contributed by atoms with Gasteiger partial charge >= 0.3 is 0 Å². The van der Waals surface area contributed by atoms with Gasteiger partial charge in [0, 0.05) is 26.1 Å². The zero-order chi connectivity index (χ0) is 12.7. The first-order valence-electron chi connectivity index (χ1n) is 6.70. The molecule has 0 aliphatic carbocycles. The summed E-state index contributed by atoms with van der Waals surface area (Å²) in [7, 11) is 0. The Morgan fingerprint density at radius 3 is 2.41 bits per heavy atom. The highest BCUT2D eigenvalue weighted by molar-refractivity contribution is 5.78. The summed E-state index contributed by atoms with van der Waals surface area (Å²) >= 11 is 0. The van der Waals surface area contributed by atoms with E-state index in [-0.39, 0.29) is 12.1 Å². The highest BCUT2D eigenvalue weighted by Crippen LogP contribution is 2.16. The Kier molecular flexibility index (Phi) is 6.07.